The van der Waals surface area contributed by atoms with Gasteiger partial charge in [0.25, 0.3) is 5.52 Å². The molecule has 2 rings (SSSR count). The van der Waals surface area contributed by atoms with Crippen molar-refractivity contribution in [3.05, 3.63) is 35.0 Å². The molecule has 0 spiro atoms. The lowest BCUT2D eigenvalue weighted by atomic mass is 10.1. The third-order valence-corrected chi connectivity index (χ3v) is 3.51. The molecule has 1 heterocycles. The summed E-state index contributed by atoms with van der Waals surface area (Å²) in [4.78, 5) is 12.0. The van der Waals surface area contributed by atoms with Crippen molar-refractivity contribution >= 4 is 28.5 Å². The number of carbonyl (C=O) groups excluding carboxylic acids is 1. The van der Waals surface area contributed by atoms with Crippen LogP contribution in [0.3, 0.4) is 0 Å². The number of para-hydroxylation sites is 1. The fourth-order valence-corrected chi connectivity index (χ4v) is 2.46. The Hall–Kier alpha value is -1.81. The van der Waals surface area contributed by atoms with Crippen LogP contribution in [0.15, 0.2) is 24.4 Å². The van der Waals surface area contributed by atoms with Gasteiger partial charge in [-0.25, -0.2) is 4.79 Å². The fraction of sp³-hybridized carbons (Fsp3) is 0.333. The second-order valence-corrected chi connectivity index (χ2v) is 4.60. The molecule has 0 fully saturated rings. The quantitative estimate of drug-likeness (QED) is 0.643. The number of rotatable bonds is 4. The van der Waals surface area contributed by atoms with Crippen LogP contribution >= 0.6 is 11.6 Å². The molecule has 0 aliphatic heterocycles. The lowest BCUT2D eigenvalue weighted by Crippen LogP contribution is -2.35. The van der Waals surface area contributed by atoms with Gasteiger partial charge in [-0.2, -0.15) is 4.57 Å². The molecule has 0 unspecified atom stereocenters. The molecule has 0 saturated carbocycles. The van der Waals surface area contributed by atoms with E-state index in [1.807, 2.05) is 29.7 Å². The third kappa shape index (κ3) is 2.43. The number of hydrogen-bond donors (Lipinski definition) is 0. The maximum Gasteiger partial charge on any atom is 0.345 e. The average molecular weight is 295 g/mol. The Bertz CT molecular complexity index is 655. The molecule has 0 bridgehead atoms. The van der Waals surface area contributed by atoms with Gasteiger partial charge in [-0.3, -0.25) is 0 Å². The highest BCUT2D eigenvalue weighted by Gasteiger charge is 2.24. The molecule has 4 nitrogen and oxygen atoms in total. The molecule has 5 heteroatoms. The third-order valence-electron chi connectivity index (χ3n) is 3.10. The van der Waals surface area contributed by atoms with Crippen molar-refractivity contribution in [3.8, 4) is 5.75 Å². The fourth-order valence-electron chi connectivity index (χ4n) is 2.18. The first-order valence-corrected chi connectivity index (χ1v) is 6.87. The molecular weight excluding hydrogens is 278 g/mol. The van der Waals surface area contributed by atoms with Gasteiger partial charge in [-0.1, -0.05) is 17.7 Å². The van der Waals surface area contributed by atoms with Gasteiger partial charge in [-0.15, -0.1) is 0 Å². The molecule has 0 atom stereocenters. The van der Waals surface area contributed by atoms with E-state index in [0.717, 1.165) is 16.7 Å². The number of halogens is 1. The molecule has 0 N–H and O–H groups in total. The summed E-state index contributed by atoms with van der Waals surface area (Å²) in [6.45, 7) is 4.77. The summed E-state index contributed by atoms with van der Waals surface area (Å²) in [7, 11) is 1.61. The molecule has 0 aliphatic carbocycles. The Kier molecular flexibility index (Phi) is 4.45. The molecule has 106 valence electrons. The number of methoxy groups -OCH3 is 1. The van der Waals surface area contributed by atoms with Gasteiger partial charge in [0.2, 0.25) is 0 Å². The van der Waals surface area contributed by atoms with Crippen LogP contribution in [-0.2, 0) is 11.3 Å². The van der Waals surface area contributed by atoms with E-state index in [1.165, 1.54) is 0 Å². The van der Waals surface area contributed by atoms with Crippen molar-refractivity contribution < 1.29 is 18.8 Å². The summed E-state index contributed by atoms with van der Waals surface area (Å²) in [5.41, 5.74) is 1.24. The van der Waals surface area contributed by atoms with Gasteiger partial charge in [0.15, 0.2) is 11.9 Å². The summed E-state index contributed by atoms with van der Waals surface area (Å²) in [6.07, 6.45) is 1.71. The standard InChI is InChI=1S/C15H17ClNO3/c1-4-17-9-11(15(18)20-5-2)13(16)10-7-6-8-12(19-3)14(10)17/h6-9H,4-5H2,1-3H3/q+1. The van der Waals surface area contributed by atoms with Gasteiger partial charge in [0.05, 0.1) is 24.1 Å². The first-order chi connectivity index (χ1) is 9.63. The summed E-state index contributed by atoms with van der Waals surface area (Å²) >= 11 is 6.36. The van der Waals surface area contributed by atoms with Crippen LogP contribution in [0.4, 0.5) is 0 Å². The minimum Gasteiger partial charge on any atom is -0.490 e. The van der Waals surface area contributed by atoms with Crippen molar-refractivity contribution in [1.82, 2.24) is 0 Å². The smallest absolute Gasteiger partial charge is 0.345 e. The molecule has 20 heavy (non-hydrogen) atoms. The summed E-state index contributed by atoms with van der Waals surface area (Å²) in [5.74, 6) is 0.311. The zero-order valence-electron chi connectivity index (χ0n) is 11.8. The number of fused-ring (bicyclic) bond motifs is 1. The normalized spacial score (nSPS) is 10.6. The van der Waals surface area contributed by atoms with E-state index in [0.29, 0.717) is 23.7 Å². The van der Waals surface area contributed by atoms with Crippen LogP contribution in [0.25, 0.3) is 10.9 Å². The summed E-state index contributed by atoms with van der Waals surface area (Å²) in [5, 5.41) is 1.17. The highest BCUT2D eigenvalue weighted by molar-refractivity contribution is 6.38. The van der Waals surface area contributed by atoms with Gasteiger partial charge in [0.1, 0.15) is 12.1 Å². The van der Waals surface area contributed by atoms with Gasteiger partial charge in [0, 0.05) is 0 Å². The SMILES string of the molecule is CCOC(=O)c1c[n+](CC)c2c(OC)cccc2c1Cl. The topological polar surface area (TPSA) is 39.4 Å². The second-order valence-electron chi connectivity index (χ2n) is 4.22. The average Bonchev–Trinajstić information content (AvgIpc) is 2.47. The number of aromatic nitrogens is 1. The van der Waals surface area contributed by atoms with E-state index in [4.69, 9.17) is 21.1 Å². The summed E-state index contributed by atoms with van der Waals surface area (Å²) in [6, 6.07) is 5.59. The predicted molar refractivity (Wildman–Crippen MR) is 77.3 cm³/mol. The van der Waals surface area contributed by atoms with E-state index in [-0.39, 0.29) is 0 Å². The van der Waals surface area contributed by atoms with Crippen molar-refractivity contribution in [2.45, 2.75) is 20.4 Å². The number of hydrogen-bond acceptors (Lipinski definition) is 3. The maximum atomic E-state index is 12.0. The van der Waals surface area contributed by atoms with Crippen molar-refractivity contribution in [2.75, 3.05) is 13.7 Å². The largest absolute Gasteiger partial charge is 0.490 e. The van der Waals surface area contributed by atoms with Crippen LogP contribution in [0, 0.1) is 0 Å². The van der Waals surface area contributed by atoms with Crippen molar-refractivity contribution in [3.63, 3.8) is 0 Å². The number of pyridine rings is 1. The number of esters is 1. The van der Waals surface area contributed by atoms with Crippen molar-refractivity contribution in [2.24, 2.45) is 0 Å². The predicted octanol–water partition coefficient (Wildman–Crippen LogP) is 2.99. The molecule has 0 radical (unpaired) electrons. The molecule has 0 saturated heterocycles. The van der Waals surface area contributed by atoms with Crippen LogP contribution in [-0.4, -0.2) is 19.7 Å². The minimum absolute atomic E-state index is 0.317. The number of aryl methyl sites for hydroxylation is 1. The van der Waals surface area contributed by atoms with Crippen LogP contribution in [0.5, 0.6) is 5.75 Å². The Morgan fingerprint density at radius 1 is 1.35 bits per heavy atom. The Balaban J connectivity index is 2.77. The Morgan fingerprint density at radius 2 is 2.10 bits per heavy atom. The first-order valence-electron chi connectivity index (χ1n) is 6.49. The highest BCUT2D eigenvalue weighted by atomic mass is 35.5. The number of ether oxygens (including phenoxy) is 2. The van der Waals surface area contributed by atoms with Crippen LogP contribution in [0.1, 0.15) is 24.2 Å². The molecule has 2 aromatic rings. The number of nitrogens with zero attached hydrogens (tertiary/aromatic N) is 1. The van der Waals surface area contributed by atoms with Crippen molar-refractivity contribution in [1.29, 1.82) is 0 Å². The molecule has 1 aromatic carbocycles. The van der Waals surface area contributed by atoms with E-state index < -0.39 is 5.97 Å². The summed E-state index contributed by atoms with van der Waals surface area (Å²) < 4.78 is 12.4. The minimum atomic E-state index is -0.413. The van der Waals surface area contributed by atoms with Crippen LogP contribution < -0.4 is 9.30 Å². The lowest BCUT2D eigenvalue weighted by molar-refractivity contribution is -0.668. The number of benzene rings is 1. The molecule has 1 aromatic heterocycles. The maximum absolute atomic E-state index is 12.0. The molecule has 0 amide bonds. The van der Waals surface area contributed by atoms with E-state index in [1.54, 1.807) is 20.2 Å². The molecular formula is C15H17ClNO3+. The van der Waals surface area contributed by atoms with E-state index >= 15 is 0 Å². The van der Waals surface area contributed by atoms with Gasteiger partial charge < -0.3 is 9.47 Å². The Morgan fingerprint density at radius 3 is 2.70 bits per heavy atom. The zero-order valence-corrected chi connectivity index (χ0v) is 12.5. The van der Waals surface area contributed by atoms with Gasteiger partial charge >= 0.3 is 5.97 Å². The molecule has 0 aliphatic rings. The number of carbonyl (C=O) groups is 1. The Labute approximate surface area is 122 Å². The van der Waals surface area contributed by atoms with E-state index in [9.17, 15) is 4.79 Å². The zero-order chi connectivity index (χ0) is 14.7. The lowest BCUT2D eigenvalue weighted by Gasteiger charge is -2.09. The highest BCUT2D eigenvalue weighted by Crippen LogP contribution is 2.30. The second kappa shape index (κ2) is 6.09. The van der Waals surface area contributed by atoms with Gasteiger partial charge in [-0.05, 0) is 26.0 Å². The van der Waals surface area contributed by atoms with E-state index in [2.05, 4.69) is 0 Å². The monoisotopic (exact) mass is 294 g/mol. The van der Waals surface area contributed by atoms with Crippen LogP contribution in [0.2, 0.25) is 5.02 Å². The first kappa shape index (κ1) is 14.6.